The van der Waals surface area contributed by atoms with Crippen LogP contribution in [0.15, 0.2) is 18.2 Å². The zero-order valence-electron chi connectivity index (χ0n) is 11.3. The van der Waals surface area contributed by atoms with Gasteiger partial charge in [0.05, 0.1) is 19.8 Å². The summed E-state index contributed by atoms with van der Waals surface area (Å²) < 4.78 is 11.1. The number of nitrogens with zero attached hydrogens (tertiary/aromatic N) is 1. The SMILES string of the molecule is COc1ccc2[nH]c3c(c2c1)CCN1C(C)OCC31. The van der Waals surface area contributed by atoms with Crippen molar-refractivity contribution in [3.05, 3.63) is 29.5 Å². The Balaban J connectivity index is 1.87. The standard InChI is InChI=1S/C15H18N2O2/c1-9-17-6-5-11-12-7-10(18-2)3-4-13(12)16-15(11)14(17)8-19-9/h3-4,7,9,14,16H,5-6,8H2,1-2H3. The summed E-state index contributed by atoms with van der Waals surface area (Å²) in [6.07, 6.45) is 1.31. The predicted molar refractivity (Wildman–Crippen MR) is 73.4 cm³/mol. The molecule has 1 saturated heterocycles. The molecule has 4 heteroatoms. The number of aromatic nitrogens is 1. The topological polar surface area (TPSA) is 37.5 Å². The molecule has 19 heavy (non-hydrogen) atoms. The lowest BCUT2D eigenvalue weighted by molar-refractivity contribution is 0.0451. The highest BCUT2D eigenvalue weighted by Gasteiger charge is 2.38. The summed E-state index contributed by atoms with van der Waals surface area (Å²) in [5, 5.41) is 1.30. The van der Waals surface area contributed by atoms with Crippen LogP contribution >= 0.6 is 0 Å². The molecule has 0 bridgehead atoms. The largest absolute Gasteiger partial charge is 0.497 e. The predicted octanol–water partition coefficient (Wildman–Crippen LogP) is 2.45. The minimum absolute atomic E-state index is 0.235. The maximum Gasteiger partial charge on any atom is 0.119 e. The highest BCUT2D eigenvalue weighted by atomic mass is 16.5. The Bertz CT molecular complexity index is 634. The molecule has 0 saturated carbocycles. The quantitative estimate of drug-likeness (QED) is 0.853. The molecule has 2 unspecified atom stereocenters. The maximum absolute atomic E-state index is 5.78. The van der Waals surface area contributed by atoms with Crippen molar-refractivity contribution in [1.82, 2.24) is 9.88 Å². The van der Waals surface area contributed by atoms with E-state index in [1.54, 1.807) is 7.11 Å². The third-order valence-electron chi connectivity index (χ3n) is 4.46. The summed E-state index contributed by atoms with van der Waals surface area (Å²) in [5.74, 6) is 0.924. The van der Waals surface area contributed by atoms with E-state index >= 15 is 0 Å². The second-order valence-electron chi connectivity index (χ2n) is 5.37. The average Bonchev–Trinajstić information content (AvgIpc) is 2.99. The Morgan fingerprint density at radius 3 is 3.16 bits per heavy atom. The fourth-order valence-corrected chi connectivity index (χ4v) is 3.43. The molecule has 0 spiro atoms. The number of nitrogens with one attached hydrogen (secondary N) is 1. The van der Waals surface area contributed by atoms with Crippen LogP contribution in [0.4, 0.5) is 0 Å². The van der Waals surface area contributed by atoms with Gasteiger partial charge in [0.15, 0.2) is 0 Å². The number of aromatic amines is 1. The van der Waals surface area contributed by atoms with E-state index in [1.165, 1.54) is 22.2 Å². The second kappa shape index (κ2) is 3.99. The first kappa shape index (κ1) is 11.3. The van der Waals surface area contributed by atoms with Crippen LogP contribution in [0.3, 0.4) is 0 Å². The van der Waals surface area contributed by atoms with Crippen molar-refractivity contribution in [2.45, 2.75) is 25.6 Å². The molecular weight excluding hydrogens is 240 g/mol. The van der Waals surface area contributed by atoms with Crippen LogP contribution in [0.5, 0.6) is 5.75 Å². The molecule has 2 aromatic rings. The van der Waals surface area contributed by atoms with Gasteiger partial charge >= 0.3 is 0 Å². The number of fused-ring (bicyclic) bond motifs is 5. The summed E-state index contributed by atoms with van der Waals surface area (Å²) >= 11 is 0. The monoisotopic (exact) mass is 258 g/mol. The number of H-pyrrole nitrogens is 1. The molecule has 4 rings (SSSR count). The molecule has 1 N–H and O–H groups in total. The van der Waals surface area contributed by atoms with Crippen molar-refractivity contribution in [3.8, 4) is 5.75 Å². The highest BCUT2D eigenvalue weighted by Crippen LogP contribution is 2.39. The van der Waals surface area contributed by atoms with Gasteiger partial charge in [-0.2, -0.15) is 0 Å². The molecule has 0 aliphatic carbocycles. The van der Waals surface area contributed by atoms with Gasteiger partial charge in [0.1, 0.15) is 12.0 Å². The normalized spacial score (nSPS) is 26.4. The van der Waals surface area contributed by atoms with Gasteiger partial charge in [-0.1, -0.05) is 0 Å². The molecule has 2 aliphatic rings. The van der Waals surface area contributed by atoms with Crippen molar-refractivity contribution in [1.29, 1.82) is 0 Å². The average molecular weight is 258 g/mol. The second-order valence-corrected chi connectivity index (χ2v) is 5.37. The van der Waals surface area contributed by atoms with Crippen molar-refractivity contribution >= 4 is 10.9 Å². The molecule has 1 aromatic heterocycles. The van der Waals surface area contributed by atoms with E-state index in [2.05, 4.69) is 28.9 Å². The number of rotatable bonds is 1. The van der Waals surface area contributed by atoms with E-state index in [9.17, 15) is 0 Å². The number of methoxy groups -OCH3 is 1. The summed E-state index contributed by atoms with van der Waals surface area (Å²) in [6.45, 7) is 4.00. The third kappa shape index (κ3) is 1.53. The van der Waals surface area contributed by atoms with E-state index in [-0.39, 0.29) is 6.23 Å². The summed E-state index contributed by atoms with van der Waals surface area (Å²) in [5.41, 5.74) is 3.97. The first-order valence-electron chi connectivity index (χ1n) is 6.84. The van der Waals surface area contributed by atoms with Gasteiger partial charge < -0.3 is 14.5 Å². The van der Waals surface area contributed by atoms with E-state index < -0.39 is 0 Å². The number of ether oxygens (including phenoxy) is 2. The Morgan fingerprint density at radius 1 is 1.42 bits per heavy atom. The van der Waals surface area contributed by atoms with Gasteiger partial charge in [0.25, 0.3) is 0 Å². The Morgan fingerprint density at radius 2 is 2.32 bits per heavy atom. The van der Waals surface area contributed by atoms with Crippen molar-refractivity contribution in [3.63, 3.8) is 0 Å². The summed E-state index contributed by atoms with van der Waals surface area (Å²) in [7, 11) is 1.72. The fourth-order valence-electron chi connectivity index (χ4n) is 3.43. The van der Waals surface area contributed by atoms with Gasteiger partial charge in [-0.25, -0.2) is 0 Å². The first-order valence-corrected chi connectivity index (χ1v) is 6.84. The van der Waals surface area contributed by atoms with Crippen LogP contribution in [0.25, 0.3) is 10.9 Å². The zero-order valence-corrected chi connectivity index (χ0v) is 11.3. The molecule has 100 valence electrons. The van der Waals surface area contributed by atoms with Gasteiger partial charge in [-0.05, 0) is 37.1 Å². The third-order valence-corrected chi connectivity index (χ3v) is 4.46. The van der Waals surface area contributed by atoms with Gasteiger partial charge in [-0.15, -0.1) is 0 Å². The van der Waals surface area contributed by atoms with E-state index in [1.807, 2.05) is 6.07 Å². The smallest absolute Gasteiger partial charge is 0.119 e. The highest BCUT2D eigenvalue weighted by molar-refractivity contribution is 5.86. The van der Waals surface area contributed by atoms with Gasteiger partial charge in [0, 0.05) is 23.1 Å². The van der Waals surface area contributed by atoms with Crippen LogP contribution < -0.4 is 4.74 Å². The van der Waals surface area contributed by atoms with E-state index in [0.29, 0.717) is 6.04 Å². The molecule has 4 nitrogen and oxygen atoms in total. The molecule has 1 aromatic carbocycles. The molecule has 0 amide bonds. The van der Waals surface area contributed by atoms with Crippen LogP contribution in [-0.4, -0.2) is 36.4 Å². The Kier molecular flexibility index (Phi) is 2.37. The van der Waals surface area contributed by atoms with Gasteiger partial charge in [0.2, 0.25) is 0 Å². The van der Waals surface area contributed by atoms with Crippen LogP contribution in [0.2, 0.25) is 0 Å². The molecule has 2 atom stereocenters. The van der Waals surface area contributed by atoms with E-state index in [4.69, 9.17) is 9.47 Å². The number of hydrogen-bond acceptors (Lipinski definition) is 3. The molecular formula is C15H18N2O2. The Hall–Kier alpha value is -1.52. The van der Waals surface area contributed by atoms with Crippen molar-refractivity contribution in [2.75, 3.05) is 20.3 Å². The zero-order chi connectivity index (χ0) is 13.0. The lowest BCUT2D eigenvalue weighted by atomic mass is 9.98. The number of hydrogen-bond donors (Lipinski definition) is 1. The minimum Gasteiger partial charge on any atom is -0.497 e. The first-order chi connectivity index (χ1) is 9.28. The van der Waals surface area contributed by atoms with Crippen LogP contribution in [0, 0.1) is 0 Å². The molecule has 1 fully saturated rings. The number of benzene rings is 1. The van der Waals surface area contributed by atoms with Gasteiger partial charge in [-0.3, -0.25) is 4.90 Å². The lowest BCUT2D eigenvalue weighted by Gasteiger charge is -2.30. The van der Waals surface area contributed by atoms with Crippen LogP contribution in [0.1, 0.15) is 24.2 Å². The maximum atomic E-state index is 5.78. The molecule has 0 radical (unpaired) electrons. The van der Waals surface area contributed by atoms with E-state index in [0.717, 1.165) is 25.3 Å². The Labute approximate surface area is 112 Å². The molecule has 2 aliphatic heterocycles. The molecule has 3 heterocycles. The van der Waals surface area contributed by atoms with Crippen LogP contribution in [-0.2, 0) is 11.2 Å². The van der Waals surface area contributed by atoms with Crippen molar-refractivity contribution in [2.24, 2.45) is 0 Å². The lowest BCUT2D eigenvalue weighted by Crippen LogP contribution is -2.36. The summed E-state index contributed by atoms with van der Waals surface area (Å²) in [6, 6.07) is 6.64. The minimum atomic E-state index is 0.235. The fraction of sp³-hybridized carbons (Fsp3) is 0.467. The summed E-state index contributed by atoms with van der Waals surface area (Å²) in [4.78, 5) is 6.02. The van der Waals surface area contributed by atoms with Crippen molar-refractivity contribution < 1.29 is 9.47 Å².